The maximum Gasteiger partial charge on any atom is 0.404 e. The van der Waals surface area contributed by atoms with Gasteiger partial charge in [-0.1, -0.05) is 48.5 Å². The average Bonchev–Trinajstić information content (AvgIpc) is 2.83. The number of ether oxygens (including phenoxy) is 4. The summed E-state index contributed by atoms with van der Waals surface area (Å²) in [6.07, 6.45) is -7.13. The predicted molar refractivity (Wildman–Crippen MR) is 114 cm³/mol. The molecule has 0 unspecified atom stereocenters. The first-order chi connectivity index (χ1) is 16.0. The SMILES string of the molecule is O=C(O)NCCO[C@@H]1O[C@H](CO)[C@@H](OCc2ccccc2)[C@H](O)[C@H]1OC(=O)c1ccccc1. The van der Waals surface area contributed by atoms with Crippen LogP contribution in [0.3, 0.4) is 0 Å². The zero-order chi connectivity index (χ0) is 23.6. The van der Waals surface area contributed by atoms with Gasteiger partial charge in [0.1, 0.15) is 18.3 Å². The van der Waals surface area contributed by atoms with Crippen LogP contribution in [0.1, 0.15) is 15.9 Å². The normalized spacial score (nSPS) is 24.7. The molecule has 4 N–H and O–H groups in total. The van der Waals surface area contributed by atoms with Crippen LogP contribution in [0.4, 0.5) is 4.79 Å². The van der Waals surface area contributed by atoms with Gasteiger partial charge in [-0.15, -0.1) is 0 Å². The molecule has 178 valence electrons. The Bertz CT molecular complexity index is 880. The van der Waals surface area contributed by atoms with Gasteiger partial charge in [-0.05, 0) is 17.7 Å². The number of benzene rings is 2. The number of rotatable bonds is 10. The molecule has 5 atom stereocenters. The van der Waals surface area contributed by atoms with E-state index >= 15 is 0 Å². The zero-order valence-corrected chi connectivity index (χ0v) is 17.8. The Morgan fingerprint density at radius 2 is 1.64 bits per heavy atom. The number of hydrogen-bond acceptors (Lipinski definition) is 8. The second-order valence-electron chi connectivity index (χ2n) is 7.32. The van der Waals surface area contributed by atoms with Crippen LogP contribution in [0.25, 0.3) is 0 Å². The van der Waals surface area contributed by atoms with E-state index in [1.54, 1.807) is 30.3 Å². The lowest BCUT2D eigenvalue weighted by molar-refractivity contribution is -0.307. The van der Waals surface area contributed by atoms with Crippen LogP contribution in [0, 0.1) is 0 Å². The van der Waals surface area contributed by atoms with Gasteiger partial charge in [-0.2, -0.15) is 0 Å². The fourth-order valence-electron chi connectivity index (χ4n) is 3.37. The molecule has 10 heteroatoms. The molecule has 2 aromatic carbocycles. The van der Waals surface area contributed by atoms with Gasteiger partial charge in [0.2, 0.25) is 0 Å². The van der Waals surface area contributed by atoms with Gasteiger partial charge >= 0.3 is 12.1 Å². The fraction of sp³-hybridized carbons (Fsp3) is 0.391. The minimum absolute atomic E-state index is 0.0532. The summed E-state index contributed by atoms with van der Waals surface area (Å²) in [4.78, 5) is 23.3. The van der Waals surface area contributed by atoms with Gasteiger partial charge in [0.05, 0.1) is 25.4 Å². The first kappa shape index (κ1) is 24.6. The van der Waals surface area contributed by atoms with Gasteiger partial charge < -0.3 is 39.6 Å². The van der Waals surface area contributed by atoms with E-state index in [1.165, 1.54) is 0 Å². The van der Waals surface area contributed by atoms with Gasteiger partial charge in [-0.3, -0.25) is 0 Å². The summed E-state index contributed by atoms with van der Waals surface area (Å²) in [5.41, 5.74) is 1.11. The van der Waals surface area contributed by atoms with Crippen LogP contribution in [0.5, 0.6) is 0 Å². The number of amides is 1. The van der Waals surface area contributed by atoms with Crippen molar-refractivity contribution >= 4 is 12.1 Å². The van der Waals surface area contributed by atoms with E-state index in [4.69, 9.17) is 24.1 Å². The quantitative estimate of drug-likeness (QED) is 0.303. The Kier molecular flexibility index (Phi) is 9.16. The number of nitrogens with one attached hydrogen (secondary N) is 1. The molecular formula is C23H27NO9. The standard InChI is InChI=1S/C23H27NO9/c25-13-17-19(31-14-15-7-3-1-4-8-15)18(26)20(22(32-17)30-12-11-24-23(28)29)33-21(27)16-9-5-2-6-10-16/h1-10,17-20,22,24-26H,11-14H2,(H,28,29)/t17-,18+,19-,20-,22-/m1/s1. The summed E-state index contributed by atoms with van der Waals surface area (Å²) in [6, 6.07) is 17.4. The van der Waals surface area contributed by atoms with Crippen molar-refractivity contribution in [1.29, 1.82) is 0 Å². The highest BCUT2D eigenvalue weighted by molar-refractivity contribution is 5.89. The number of hydrogen-bond donors (Lipinski definition) is 4. The molecule has 0 saturated carbocycles. The van der Waals surface area contributed by atoms with Crippen molar-refractivity contribution in [2.45, 2.75) is 37.3 Å². The fourth-order valence-corrected chi connectivity index (χ4v) is 3.37. The molecule has 33 heavy (non-hydrogen) atoms. The minimum atomic E-state index is -1.38. The second kappa shape index (κ2) is 12.3. The summed E-state index contributed by atoms with van der Waals surface area (Å²) in [5, 5.41) is 31.7. The molecule has 1 amide bonds. The molecule has 1 aliphatic heterocycles. The second-order valence-corrected chi connectivity index (χ2v) is 7.32. The highest BCUT2D eigenvalue weighted by Crippen LogP contribution is 2.28. The Morgan fingerprint density at radius 3 is 2.27 bits per heavy atom. The molecule has 1 fully saturated rings. The lowest BCUT2D eigenvalue weighted by atomic mass is 9.98. The van der Waals surface area contributed by atoms with Crippen molar-refractivity contribution in [1.82, 2.24) is 5.32 Å². The van der Waals surface area contributed by atoms with Gasteiger partial charge in [0, 0.05) is 6.54 Å². The van der Waals surface area contributed by atoms with Crippen molar-refractivity contribution in [2.24, 2.45) is 0 Å². The molecule has 10 nitrogen and oxygen atoms in total. The molecular weight excluding hydrogens is 434 g/mol. The zero-order valence-electron chi connectivity index (χ0n) is 17.8. The number of carbonyl (C=O) groups is 2. The van der Waals surface area contributed by atoms with Crippen LogP contribution < -0.4 is 5.32 Å². The van der Waals surface area contributed by atoms with Crippen molar-refractivity contribution in [3.8, 4) is 0 Å². The molecule has 1 aliphatic rings. The van der Waals surface area contributed by atoms with Crippen molar-refractivity contribution in [3.05, 3.63) is 71.8 Å². The van der Waals surface area contributed by atoms with E-state index in [0.717, 1.165) is 5.56 Å². The molecule has 2 aromatic rings. The number of aliphatic hydroxyl groups is 2. The highest BCUT2D eigenvalue weighted by atomic mass is 16.7. The van der Waals surface area contributed by atoms with Crippen LogP contribution in [0.2, 0.25) is 0 Å². The predicted octanol–water partition coefficient (Wildman–Crippen LogP) is 1.16. The summed E-state index contributed by atoms with van der Waals surface area (Å²) in [6.45, 7) is -0.516. The van der Waals surface area contributed by atoms with Crippen LogP contribution in [-0.4, -0.2) is 77.8 Å². The lowest BCUT2D eigenvalue weighted by Gasteiger charge is -2.43. The molecule has 0 spiro atoms. The lowest BCUT2D eigenvalue weighted by Crippen LogP contribution is -2.61. The van der Waals surface area contributed by atoms with E-state index in [2.05, 4.69) is 5.32 Å². The third kappa shape index (κ3) is 6.98. The van der Waals surface area contributed by atoms with Crippen molar-refractivity contribution in [3.63, 3.8) is 0 Å². The third-order valence-electron chi connectivity index (χ3n) is 5.00. The van der Waals surface area contributed by atoms with E-state index < -0.39 is 49.4 Å². The molecule has 1 saturated heterocycles. The monoisotopic (exact) mass is 461 g/mol. The topological polar surface area (TPSA) is 144 Å². The van der Waals surface area contributed by atoms with Gasteiger partial charge in [-0.25, -0.2) is 9.59 Å². The third-order valence-corrected chi connectivity index (χ3v) is 5.00. The van der Waals surface area contributed by atoms with Gasteiger partial charge in [0.25, 0.3) is 0 Å². The molecule has 0 aromatic heterocycles. The van der Waals surface area contributed by atoms with Crippen molar-refractivity contribution in [2.75, 3.05) is 19.8 Å². The van der Waals surface area contributed by atoms with Crippen LogP contribution >= 0.6 is 0 Å². The molecule has 0 aliphatic carbocycles. The Labute approximate surface area is 190 Å². The maximum atomic E-state index is 12.6. The minimum Gasteiger partial charge on any atom is -0.465 e. The summed E-state index contributed by atoms with van der Waals surface area (Å²) >= 11 is 0. The molecule has 0 radical (unpaired) electrons. The number of carboxylic acid groups (broad SMARTS) is 1. The smallest absolute Gasteiger partial charge is 0.404 e. The Hall–Kier alpha value is -3.02. The molecule has 0 bridgehead atoms. The average molecular weight is 461 g/mol. The van der Waals surface area contributed by atoms with Crippen molar-refractivity contribution < 1.29 is 43.9 Å². The van der Waals surface area contributed by atoms with E-state index in [1.807, 2.05) is 30.3 Å². The Balaban J connectivity index is 1.74. The summed E-state index contributed by atoms with van der Waals surface area (Å²) < 4.78 is 22.7. The molecule has 1 heterocycles. The maximum absolute atomic E-state index is 12.6. The Morgan fingerprint density at radius 1 is 0.970 bits per heavy atom. The molecule has 3 rings (SSSR count). The highest BCUT2D eigenvalue weighted by Gasteiger charge is 2.48. The number of aliphatic hydroxyl groups excluding tert-OH is 2. The summed E-state index contributed by atoms with van der Waals surface area (Å²) in [5.74, 6) is -0.704. The first-order valence-corrected chi connectivity index (χ1v) is 10.4. The number of esters is 1. The van der Waals surface area contributed by atoms with Crippen LogP contribution in [-0.2, 0) is 25.6 Å². The first-order valence-electron chi connectivity index (χ1n) is 10.4. The van der Waals surface area contributed by atoms with E-state index in [9.17, 15) is 19.8 Å². The van der Waals surface area contributed by atoms with E-state index in [-0.39, 0.29) is 25.3 Å². The largest absolute Gasteiger partial charge is 0.465 e. The van der Waals surface area contributed by atoms with Gasteiger partial charge in [0.15, 0.2) is 12.4 Å². The number of carbonyl (C=O) groups excluding carboxylic acids is 1. The van der Waals surface area contributed by atoms with E-state index in [0.29, 0.717) is 0 Å². The van der Waals surface area contributed by atoms with Crippen LogP contribution in [0.15, 0.2) is 60.7 Å². The summed E-state index contributed by atoms with van der Waals surface area (Å²) in [7, 11) is 0.